The van der Waals surface area contributed by atoms with Crippen LogP contribution in [-0.4, -0.2) is 34.8 Å². The van der Waals surface area contributed by atoms with E-state index >= 15 is 0 Å². The van der Waals surface area contributed by atoms with E-state index in [1.807, 2.05) is 13.8 Å². The van der Waals surface area contributed by atoms with Gasteiger partial charge in [-0.25, -0.2) is 9.78 Å². The molecule has 2 rings (SSSR count). The van der Waals surface area contributed by atoms with Crippen molar-refractivity contribution in [1.82, 2.24) is 9.88 Å². The molecule has 98 valence electrons. The zero-order valence-electron chi connectivity index (χ0n) is 10.7. The molecular weight excluding hydrogens is 252 g/mol. The Kier molecular flexibility index (Phi) is 3.65. The highest BCUT2D eigenvalue weighted by Crippen LogP contribution is 2.20. The lowest BCUT2D eigenvalue weighted by molar-refractivity contribution is -0.152. The number of nitrogens with zero attached hydrogens (tertiary/aromatic N) is 2. The smallest absolute Gasteiger partial charge is 0.329 e. The molecule has 0 aromatic carbocycles. The lowest BCUT2D eigenvalue weighted by Gasteiger charge is -2.17. The van der Waals surface area contributed by atoms with Crippen molar-refractivity contribution in [1.29, 1.82) is 0 Å². The molecule has 5 nitrogen and oxygen atoms in total. The first-order valence-corrected chi connectivity index (χ1v) is 6.66. The van der Waals surface area contributed by atoms with Crippen molar-refractivity contribution in [3.63, 3.8) is 0 Å². The minimum absolute atomic E-state index is 0.00196. The van der Waals surface area contributed by atoms with E-state index < -0.39 is 6.04 Å². The molecule has 1 aromatic heterocycles. The van der Waals surface area contributed by atoms with Gasteiger partial charge in [0.1, 0.15) is 17.7 Å². The normalized spacial score (nSPS) is 19.4. The van der Waals surface area contributed by atoms with Crippen LogP contribution in [0.5, 0.6) is 0 Å². The molecule has 0 bridgehead atoms. The van der Waals surface area contributed by atoms with Crippen molar-refractivity contribution in [3.8, 4) is 0 Å². The van der Waals surface area contributed by atoms with E-state index in [4.69, 9.17) is 4.74 Å². The van der Waals surface area contributed by atoms with Gasteiger partial charge in [-0.2, -0.15) is 0 Å². The molecule has 0 N–H and O–H groups in total. The average molecular weight is 268 g/mol. The predicted molar refractivity (Wildman–Crippen MR) is 67.2 cm³/mol. The van der Waals surface area contributed by atoms with Crippen LogP contribution in [0.15, 0.2) is 0 Å². The molecule has 0 unspecified atom stereocenters. The molecule has 6 heteroatoms. The molecule has 1 saturated heterocycles. The number of thiazole rings is 1. The van der Waals surface area contributed by atoms with Gasteiger partial charge in [0.15, 0.2) is 0 Å². The van der Waals surface area contributed by atoms with Gasteiger partial charge in [0.25, 0.3) is 0 Å². The number of hydrogen-bond donors (Lipinski definition) is 0. The van der Waals surface area contributed by atoms with E-state index in [1.54, 1.807) is 7.05 Å². The van der Waals surface area contributed by atoms with Gasteiger partial charge in [-0.1, -0.05) is 0 Å². The number of likely N-dealkylation sites (N-methyl/N-ethyl adjacent to an activating group) is 1. The molecule has 1 amide bonds. The van der Waals surface area contributed by atoms with E-state index in [0.717, 1.165) is 15.6 Å². The average Bonchev–Trinajstić information content (AvgIpc) is 2.82. The number of aryl methyl sites for hydroxylation is 2. The van der Waals surface area contributed by atoms with Gasteiger partial charge < -0.3 is 9.64 Å². The monoisotopic (exact) mass is 268 g/mol. The van der Waals surface area contributed by atoms with Crippen LogP contribution >= 0.6 is 11.3 Å². The maximum Gasteiger partial charge on any atom is 0.329 e. The number of esters is 1. The molecule has 1 aliphatic heterocycles. The molecule has 0 saturated carbocycles. The Labute approximate surface area is 110 Å². The zero-order valence-corrected chi connectivity index (χ0v) is 11.5. The predicted octanol–water partition coefficient (Wildman–Crippen LogP) is 1.42. The summed E-state index contributed by atoms with van der Waals surface area (Å²) in [4.78, 5) is 30.0. The molecule has 1 fully saturated rings. The first kappa shape index (κ1) is 13.0. The zero-order chi connectivity index (χ0) is 13.3. The third kappa shape index (κ3) is 2.53. The topological polar surface area (TPSA) is 59.5 Å². The van der Waals surface area contributed by atoms with Gasteiger partial charge >= 0.3 is 5.97 Å². The summed E-state index contributed by atoms with van der Waals surface area (Å²) in [5.74, 6) is -0.341. The maximum absolute atomic E-state index is 11.8. The number of carbonyl (C=O) groups is 2. The molecule has 1 aromatic rings. The summed E-state index contributed by atoms with van der Waals surface area (Å²) in [6.45, 7) is 4.11. The van der Waals surface area contributed by atoms with Crippen molar-refractivity contribution in [2.45, 2.75) is 39.3 Å². The second kappa shape index (κ2) is 5.06. The van der Waals surface area contributed by atoms with E-state index in [2.05, 4.69) is 4.98 Å². The largest absolute Gasteiger partial charge is 0.457 e. The Morgan fingerprint density at radius 3 is 2.78 bits per heavy atom. The van der Waals surface area contributed by atoms with Crippen LogP contribution < -0.4 is 0 Å². The minimum Gasteiger partial charge on any atom is -0.457 e. The van der Waals surface area contributed by atoms with Gasteiger partial charge in [0.05, 0.1) is 5.69 Å². The molecule has 1 atom stereocenters. The van der Waals surface area contributed by atoms with Gasteiger partial charge in [-0.15, -0.1) is 11.3 Å². The standard InChI is InChI=1S/C12H16N2O3S/c1-7-8(2)18-10(13-7)6-17-12(16)9-4-5-11(15)14(9)3/h9H,4-6H2,1-3H3/t9-/m0/s1. The van der Waals surface area contributed by atoms with Crippen molar-refractivity contribution < 1.29 is 14.3 Å². The Bertz CT molecular complexity index is 464. The van der Waals surface area contributed by atoms with Crippen molar-refractivity contribution >= 4 is 23.2 Å². The molecular formula is C12H16N2O3S. The van der Waals surface area contributed by atoms with Crippen LogP contribution in [0.2, 0.25) is 0 Å². The quantitative estimate of drug-likeness (QED) is 0.778. The Morgan fingerprint density at radius 2 is 2.28 bits per heavy atom. The summed E-state index contributed by atoms with van der Waals surface area (Å²) in [5.41, 5.74) is 0.971. The van der Waals surface area contributed by atoms with Gasteiger partial charge in [0.2, 0.25) is 5.91 Å². The van der Waals surface area contributed by atoms with E-state index in [1.165, 1.54) is 16.2 Å². The molecule has 0 radical (unpaired) electrons. The van der Waals surface area contributed by atoms with Crippen molar-refractivity contribution in [3.05, 3.63) is 15.6 Å². The Morgan fingerprint density at radius 1 is 1.56 bits per heavy atom. The third-order valence-electron chi connectivity index (χ3n) is 3.18. The second-order valence-electron chi connectivity index (χ2n) is 4.42. The summed E-state index contributed by atoms with van der Waals surface area (Å²) in [6, 6.07) is -0.431. The lowest BCUT2D eigenvalue weighted by atomic mass is 10.2. The number of rotatable bonds is 3. The summed E-state index contributed by atoms with van der Waals surface area (Å²) in [5, 5.41) is 0.797. The number of amides is 1. The molecule has 18 heavy (non-hydrogen) atoms. The lowest BCUT2D eigenvalue weighted by Crippen LogP contribution is -2.36. The molecule has 2 heterocycles. The first-order valence-electron chi connectivity index (χ1n) is 5.84. The third-order valence-corrected chi connectivity index (χ3v) is 4.22. The number of hydrogen-bond acceptors (Lipinski definition) is 5. The summed E-state index contributed by atoms with van der Waals surface area (Å²) >= 11 is 1.53. The number of ether oxygens (including phenoxy) is 1. The number of aromatic nitrogens is 1. The van der Waals surface area contributed by atoms with Crippen molar-refractivity contribution in [2.24, 2.45) is 0 Å². The maximum atomic E-state index is 11.8. The molecule has 0 spiro atoms. The fraction of sp³-hybridized carbons (Fsp3) is 0.583. The van der Waals surface area contributed by atoms with Gasteiger partial charge in [-0.05, 0) is 20.3 Å². The highest BCUT2D eigenvalue weighted by molar-refractivity contribution is 7.11. The first-order chi connectivity index (χ1) is 8.49. The highest BCUT2D eigenvalue weighted by atomic mass is 32.1. The van der Waals surface area contributed by atoms with E-state index in [0.29, 0.717) is 12.8 Å². The van der Waals surface area contributed by atoms with Crippen LogP contribution in [0.1, 0.15) is 28.4 Å². The van der Waals surface area contributed by atoms with E-state index in [9.17, 15) is 9.59 Å². The van der Waals surface area contributed by atoms with E-state index in [-0.39, 0.29) is 18.5 Å². The Balaban J connectivity index is 1.90. The van der Waals surface area contributed by atoms with Gasteiger partial charge in [0, 0.05) is 18.3 Å². The summed E-state index contributed by atoms with van der Waals surface area (Å²) in [6.07, 6.45) is 0.968. The van der Waals surface area contributed by atoms with Crippen molar-refractivity contribution in [2.75, 3.05) is 7.05 Å². The van der Waals surface area contributed by atoms with Crippen LogP contribution in [0.25, 0.3) is 0 Å². The van der Waals surface area contributed by atoms with Gasteiger partial charge in [-0.3, -0.25) is 4.79 Å². The van der Waals surface area contributed by atoms with Crippen LogP contribution in [-0.2, 0) is 20.9 Å². The highest BCUT2D eigenvalue weighted by Gasteiger charge is 2.34. The van der Waals surface area contributed by atoms with Crippen LogP contribution in [0.3, 0.4) is 0 Å². The molecule has 0 aliphatic carbocycles. The summed E-state index contributed by atoms with van der Waals surface area (Å²) < 4.78 is 5.21. The summed E-state index contributed by atoms with van der Waals surface area (Å²) in [7, 11) is 1.64. The molecule has 1 aliphatic rings. The number of likely N-dealkylation sites (tertiary alicyclic amines) is 1. The number of carbonyl (C=O) groups excluding carboxylic acids is 2. The second-order valence-corrected chi connectivity index (χ2v) is 5.70. The minimum atomic E-state index is -0.431. The fourth-order valence-electron chi connectivity index (χ4n) is 1.91. The van der Waals surface area contributed by atoms with Crippen LogP contribution in [0.4, 0.5) is 0 Å². The fourth-order valence-corrected chi connectivity index (χ4v) is 2.76. The Hall–Kier alpha value is -1.43. The van der Waals surface area contributed by atoms with Crippen LogP contribution in [0, 0.1) is 13.8 Å². The SMILES string of the molecule is Cc1nc(COC(=O)[C@@H]2CCC(=O)N2C)sc1C.